The summed E-state index contributed by atoms with van der Waals surface area (Å²) in [5.41, 5.74) is -0.426. The van der Waals surface area contributed by atoms with Gasteiger partial charge in [-0.3, -0.25) is 9.36 Å². The number of rotatable bonds is 5. The highest BCUT2D eigenvalue weighted by molar-refractivity contribution is 7.52. The number of hydrogen-bond donors (Lipinski definition) is 3. The first-order valence-corrected chi connectivity index (χ1v) is 17.7. The van der Waals surface area contributed by atoms with Gasteiger partial charge in [-0.2, -0.15) is 0 Å². The highest BCUT2D eigenvalue weighted by atomic mass is 31.2. The van der Waals surface area contributed by atoms with Gasteiger partial charge in [0.05, 0.1) is 11.6 Å². The van der Waals surface area contributed by atoms with E-state index in [0.29, 0.717) is 5.92 Å². The highest BCUT2D eigenvalue weighted by Gasteiger charge is 2.33. The molecular formula is C32H69O5P. The predicted octanol–water partition coefficient (Wildman–Crippen LogP) is 10.7. The number of carboxylic acids is 1. The van der Waals surface area contributed by atoms with E-state index in [0.717, 1.165) is 50.4 Å². The summed E-state index contributed by atoms with van der Waals surface area (Å²) in [5.74, 6) is 1.97. The minimum Gasteiger partial charge on any atom is -0.481 e. The third kappa shape index (κ3) is 23.5. The predicted molar refractivity (Wildman–Crippen MR) is 167 cm³/mol. The lowest BCUT2D eigenvalue weighted by Gasteiger charge is -2.19. The molecule has 2 atom stereocenters. The SMILES string of the molecule is CC(C(=O)O)C1CCCC1.CC(C)C1CCCC1.CC(C1CCCC1)P(=O)(O)O.CCC.CCC.CCC. The van der Waals surface area contributed by atoms with E-state index < -0.39 is 19.2 Å². The lowest BCUT2D eigenvalue weighted by atomic mass is 9.93. The largest absolute Gasteiger partial charge is 0.481 e. The van der Waals surface area contributed by atoms with Crippen molar-refractivity contribution in [2.45, 2.75) is 171 Å². The lowest BCUT2D eigenvalue weighted by molar-refractivity contribution is -0.142. The Morgan fingerprint density at radius 2 is 0.895 bits per heavy atom. The highest BCUT2D eigenvalue weighted by Crippen LogP contribution is 2.48. The standard InChI is InChI=1S/C8H14O2.C8H16.C7H15O3P.3C3H8/c1-6(8(9)10)7-4-2-3-5-7;1-7(2)8-5-3-4-6-8;1-6(11(8,9)10)7-4-2-3-5-7;3*1-3-2/h6-7H,2-5H2,1H3,(H,9,10);7-8H,3-6H2,1-2H3;6-7H,2-5H2,1H3,(H2,8,9,10);3*3H2,1-2H3. The van der Waals surface area contributed by atoms with Crippen molar-refractivity contribution >= 4 is 13.6 Å². The van der Waals surface area contributed by atoms with Gasteiger partial charge in [-0.15, -0.1) is 0 Å². The van der Waals surface area contributed by atoms with Crippen LogP contribution in [0, 0.1) is 29.6 Å². The molecule has 0 bridgehead atoms. The van der Waals surface area contributed by atoms with Crippen LogP contribution in [0.1, 0.15) is 166 Å². The molecule has 3 saturated carbocycles. The lowest BCUT2D eigenvalue weighted by Crippen LogP contribution is -2.17. The molecule has 0 aliphatic heterocycles. The third-order valence-electron chi connectivity index (χ3n) is 7.45. The van der Waals surface area contributed by atoms with Gasteiger partial charge in [-0.1, -0.05) is 140 Å². The van der Waals surface area contributed by atoms with Crippen molar-refractivity contribution in [1.29, 1.82) is 0 Å². The first-order valence-electron chi connectivity index (χ1n) is 16.1. The second-order valence-corrected chi connectivity index (χ2v) is 13.9. The van der Waals surface area contributed by atoms with E-state index in [9.17, 15) is 9.36 Å². The molecule has 3 rings (SSSR count). The fourth-order valence-corrected chi connectivity index (χ4v) is 5.84. The molecule has 0 aromatic rings. The molecule has 38 heavy (non-hydrogen) atoms. The molecule has 0 spiro atoms. The zero-order valence-electron chi connectivity index (χ0n) is 27.2. The van der Waals surface area contributed by atoms with E-state index in [1.807, 2.05) is 6.92 Å². The van der Waals surface area contributed by atoms with Gasteiger partial charge in [-0.25, -0.2) is 0 Å². The molecule has 6 heteroatoms. The molecule has 0 radical (unpaired) electrons. The van der Waals surface area contributed by atoms with Crippen LogP contribution in [0.2, 0.25) is 0 Å². The van der Waals surface area contributed by atoms with E-state index in [2.05, 4.69) is 55.4 Å². The van der Waals surface area contributed by atoms with Gasteiger partial charge in [0, 0.05) is 0 Å². The smallest absolute Gasteiger partial charge is 0.328 e. The second-order valence-electron chi connectivity index (χ2n) is 12.0. The van der Waals surface area contributed by atoms with Crippen molar-refractivity contribution < 1.29 is 24.3 Å². The topological polar surface area (TPSA) is 94.8 Å². The Balaban J connectivity index is -0.000000421. The number of hydrogen-bond acceptors (Lipinski definition) is 2. The molecule has 0 amide bonds. The summed E-state index contributed by atoms with van der Waals surface area (Å²) in [6, 6.07) is 0. The van der Waals surface area contributed by atoms with Gasteiger partial charge in [0.15, 0.2) is 0 Å². The van der Waals surface area contributed by atoms with Crippen LogP contribution in [0.4, 0.5) is 0 Å². The fourth-order valence-electron chi connectivity index (χ4n) is 5.00. The van der Waals surface area contributed by atoms with Crippen LogP contribution in [0.25, 0.3) is 0 Å². The summed E-state index contributed by atoms with van der Waals surface area (Å²) < 4.78 is 10.8. The maximum atomic E-state index is 10.8. The summed E-state index contributed by atoms with van der Waals surface area (Å²) in [6.07, 6.45) is 18.7. The maximum Gasteiger partial charge on any atom is 0.328 e. The maximum absolute atomic E-state index is 10.8. The Morgan fingerprint density at radius 3 is 1.11 bits per heavy atom. The average Bonchev–Trinajstić information content (AvgIpc) is 3.63. The summed E-state index contributed by atoms with van der Waals surface area (Å²) in [6.45, 7) is 20.9. The fraction of sp³-hybridized carbons (Fsp3) is 0.969. The van der Waals surface area contributed by atoms with Crippen molar-refractivity contribution in [3.8, 4) is 0 Å². The van der Waals surface area contributed by atoms with Crippen LogP contribution in [0.5, 0.6) is 0 Å². The molecule has 0 heterocycles. The first kappa shape index (κ1) is 42.1. The van der Waals surface area contributed by atoms with E-state index >= 15 is 0 Å². The summed E-state index contributed by atoms with van der Waals surface area (Å²) in [7, 11) is -3.81. The summed E-state index contributed by atoms with van der Waals surface area (Å²) in [4.78, 5) is 28.2. The van der Waals surface area contributed by atoms with Gasteiger partial charge < -0.3 is 14.9 Å². The van der Waals surface area contributed by atoms with Gasteiger partial charge in [0.1, 0.15) is 0 Å². The minimum absolute atomic E-state index is 0.123. The van der Waals surface area contributed by atoms with Crippen molar-refractivity contribution in [1.82, 2.24) is 0 Å². The Bertz CT molecular complexity index is 537. The second kappa shape index (κ2) is 26.8. The number of aliphatic carboxylic acids is 1. The number of carboxylic acid groups (broad SMARTS) is 1. The van der Waals surface area contributed by atoms with Gasteiger partial charge in [-0.05, 0) is 49.4 Å². The Hall–Kier alpha value is -0.380. The van der Waals surface area contributed by atoms with Crippen molar-refractivity contribution in [2.24, 2.45) is 29.6 Å². The average molecular weight is 565 g/mol. The molecule has 2 unspecified atom stereocenters. The van der Waals surface area contributed by atoms with Gasteiger partial charge in [0.2, 0.25) is 0 Å². The molecule has 3 aliphatic carbocycles. The third-order valence-corrected chi connectivity index (χ3v) is 8.93. The van der Waals surface area contributed by atoms with E-state index in [4.69, 9.17) is 14.9 Å². The summed E-state index contributed by atoms with van der Waals surface area (Å²) >= 11 is 0. The van der Waals surface area contributed by atoms with Crippen LogP contribution in [0.3, 0.4) is 0 Å². The molecule has 5 nitrogen and oxygen atoms in total. The molecule has 3 aliphatic rings. The molecule has 0 saturated heterocycles. The van der Waals surface area contributed by atoms with Crippen molar-refractivity contribution in [2.75, 3.05) is 0 Å². The minimum atomic E-state index is -3.81. The Morgan fingerprint density at radius 1 is 0.632 bits per heavy atom. The van der Waals surface area contributed by atoms with Crippen LogP contribution in [0.15, 0.2) is 0 Å². The number of carbonyl (C=O) groups is 1. The van der Waals surface area contributed by atoms with Gasteiger partial charge in [0.25, 0.3) is 0 Å². The molecular weight excluding hydrogens is 495 g/mol. The quantitative estimate of drug-likeness (QED) is 0.289. The molecule has 3 N–H and O–H groups in total. The zero-order valence-corrected chi connectivity index (χ0v) is 28.1. The molecule has 0 aromatic heterocycles. The van der Waals surface area contributed by atoms with Crippen LogP contribution in [-0.2, 0) is 9.36 Å². The van der Waals surface area contributed by atoms with E-state index in [1.165, 1.54) is 57.8 Å². The normalized spacial score (nSPS) is 19.2. The summed E-state index contributed by atoms with van der Waals surface area (Å²) in [5, 5.41) is 8.64. The van der Waals surface area contributed by atoms with Crippen LogP contribution < -0.4 is 0 Å². The van der Waals surface area contributed by atoms with Gasteiger partial charge >= 0.3 is 13.6 Å². The Labute approximate surface area is 238 Å². The zero-order chi connectivity index (χ0) is 30.1. The van der Waals surface area contributed by atoms with Crippen molar-refractivity contribution in [3.05, 3.63) is 0 Å². The van der Waals surface area contributed by atoms with E-state index in [-0.39, 0.29) is 11.8 Å². The molecule has 3 fully saturated rings. The first-order chi connectivity index (χ1) is 17.8. The molecule has 232 valence electrons. The van der Waals surface area contributed by atoms with E-state index in [1.54, 1.807) is 6.92 Å². The Kier molecular flexibility index (Phi) is 29.7. The van der Waals surface area contributed by atoms with Crippen LogP contribution in [-0.4, -0.2) is 26.5 Å². The van der Waals surface area contributed by atoms with Crippen molar-refractivity contribution in [3.63, 3.8) is 0 Å². The monoisotopic (exact) mass is 564 g/mol. The van der Waals surface area contributed by atoms with Crippen LogP contribution >= 0.6 is 7.60 Å². The molecule has 0 aromatic carbocycles.